The van der Waals surface area contributed by atoms with E-state index >= 15 is 0 Å². The van der Waals surface area contributed by atoms with Gasteiger partial charge < -0.3 is 26.0 Å². The number of likely N-dealkylation sites (tertiary alicyclic amines) is 1. The molecule has 2 heterocycles. The van der Waals surface area contributed by atoms with E-state index in [4.69, 9.17) is 10.5 Å². The molecule has 0 aliphatic carbocycles. The third-order valence-electron chi connectivity index (χ3n) is 4.71. The molecule has 1 aliphatic rings. The molecule has 4 N–H and O–H groups in total. The second-order valence-electron chi connectivity index (χ2n) is 8.59. The lowest BCUT2D eigenvalue weighted by atomic mass is 10.1. The Morgan fingerprint density at radius 1 is 1.25 bits per heavy atom. The van der Waals surface area contributed by atoms with Crippen molar-refractivity contribution in [3.8, 4) is 10.4 Å². The number of carbonyl (C=O) groups excluding carboxylic acids is 3. The second kappa shape index (κ2) is 9.91. The maximum absolute atomic E-state index is 13.1. The van der Waals surface area contributed by atoms with Crippen molar-refractivity contribution in [1.82, 2.24) is 10.2 Å². The molecule has 172 valence electrons. The van der Waals surface area contributed by atoms with Crippen molar-refractivity contribution in [2.75, 3.05) is 18.4 Å². The Morgan fingerprint density at radius 3 is 2.66 bits per heavy atom. The Kier molecular flexibility index (Phi) is 7.45. The monoisotopic (exact) mass is 522 g/mol. The number of amides is 4. The van der Waals surface area contributed by atoms with Crippen molar-refractivity contribution in [1.29, 1.82) is 0 Å². The van der Waals surface area contributed by atoms with Gasteiger partial charge in [-0.05, 0) is 57.4 Å². The van der Waals surface area contributed by atoms with Crippen LogP contribution in [0.4, 0.5) is 15.3 Å². The van der Waals surface area contributed by atoms with E-state index < -0.39 is 11.6 Å². The van der Waals surface area contributed by atoms with Crippen molar-refractivity contribution in [2.24, 2.45) is 5.73 Å². The number of nitrogens with one attached hydrogen (secondary N) is 2. The molecule has 1 atom stereocenters. The number of hydrogen-bond donors (Lipinski definition) is 3. The van der Waals surface area contributed by atoms with Gasteiger partial charge in [-0.3, -0.25) is 4.79 Å². The molecule has 1 saturated heterocycles. The van der Waals surface area contributed by atoms with Crippen LogP contribution in [0.1, 0.15) is 43.3 Å². The van der Waals surface area contributed by atoms with Crippen LogP contribution >= 0.6 is 27.3 Å². The molecule has 2 aromatic rings. The van der Waals surface area contributed by atoms with Crippen molar-refractivity contribution in [3.05, 3.63) is 39.7 Å². The zero-order chi connectivity index (χ0) is 23.5. The lowest BCUT2D eigenvalue weighted by Gasteiger charge is -2.34. The minimum Gasteiger partial charge on any atom is -0.444 e. The summed E-state index contributed by atoms with van der Waals surface area (Å²) in [7, 11) is 0. The molecule has 0 radical (unpaired) electrons. The number of rotatable bonds is 4. The van der Waals surface area contributed by atoms with Gasteiger partial charge in [0.25, 0.3) is 5.91 Å². The van der Waals surface area contributed by atoms with Crippen molar-refractivity contribution in [3.63, 3.8) is 0 Å². The molecule has 1 aromatic heterocycles. The summed E-state index contributed by atoms with van der Waals surface area (Å²) in [6.45, 7) is 6.41. The predicted octanol–water partition coefficient (Wildman–Crippen LogP) is 4.80. The first-order valence-corrected chi connectivity index (χ1v) is 11.9. The zero-order valence-electron chi connectivity index (χ0n) is 18.2. The van der Waals surface area contributed by atoms with E-state index in [0.717, 1.165) is 27.8 Å². The Balaban J connectivity index is 1.76. The van der Waals surface area contributed by atoms with E-state index in [2.05, 4.69) is 26.6 Å². The van der Waals surface area contributed by atoms with Crippen LogP contribution in [0.5, 0.6) is 0 Å². The smallest absolute Gasteiger partial charge is 0.410 e. The van der Waals surface area contributed by atoms with Crippen molar-refractivity contribution >= 4 is 51.0 Å². The fraction of sp³-hybridized carbons (Fsp3) is 0.409. The summed E-state index contributed by atoms with van der Waals surface area (Å²) >= 11 is 4.71. The van der Waals surface area contributed by atoms with Gasteiger partial charge in [0.15, 0.2) is 0 Å². The molecular formula is C22H27BrN4O4S. The van der Waals surface area contributed by atoms with Gasteiger partial charge in [0.1, 0.15) is 10.5 Å². The summed E-state index contributed by atoms with van der Waals surface area (Å²) in [4.78, 5) is 39.8. The summed E-state index contributed by atoms with van der Waals surface area (Å²) in [6.07, 6.45) is 1.11. The number of anilines is 1. The van der Waals surface area contributed by atoms with Gasteiger partial charge in [-0.15, -0.1) is 11.3 Å². The van der Waals surface area contributed by atoms with Crippen LogP contribution in [0, 0.1) is 0 Å². The number of benzene rings is 1. The van der Waals surface area contributed by atoms with Gasteiger partial charge in [0.05, 0.1) is 5.69 Å². The van der Waals surface area contributed by atoms with Crippen molar-refractivity contribution < 1.29 is 19.1 Å². The molecule has 0 bridgehead atoms. The molecule has 3 rings (SSSR count). The SMILES string of the molecule is CC(C)(C)OC(=O)N1CCC[C@H](NC(=O)c2sc(-c3cccc(Br)c3)cc2NC(N)=O)C1. The molecular weight excluding hydrogens is 496 g/mol. The van der Waals surface area contributed by atoms with E-state index in [0.29, 0.717) is 23.7 Å². The standard InChI is InChI=1S/C22H27BrN4O4S/c1-22(2,3)31-21(30)27-9-5-8-15(12-27)25-19(28)18-16(26-20(24)29)11-17(32-18)13-6-4-7-14(23)10-13/h4,6-7,10-11,15H,5,8-9,12H2,1-3H3,(H,25,28)(H3,24,26,29)/t15-/m0/s1. The third kappa shape index (κ3) is 6.46. The first-order valence-electron chi connectivity index (χ1n) is 10.3. The summed E-state index contributed by atoms with van der Waals surface area (Å²) < 4.78 is 6.36. The van der Waals surface area contributed by atoms with Gasteiger partial charge in [-0.25, -0.2) is 9.59 Å². The maximum atomic E-state index is 13.1. The summed E-state index contributed by atoms with van der Waals surface area (Å²) in [5, 5.41) is 5.53. The Hall–Kier alpha value is -2.59. The first kappa shape index (κ1) is 24.1. The Bertz CT molecular complexity index is 1020. The van der Waals surface area contributed by atoms with Crippen LogP contribution < -0.4 is 16.4 Å². The number of carbonyl (C=O) groups is 3. The first-order chi connectivity index (χ1) is 15.0. The average molecular weight is 523 g/mol. The molecule has 10 heteroatoms. The van der Waals surface area contributed by atoms with Crippen molar-refractivity contribution in [2.45, 2.75) is 45.3 Å². The number of nitrogens with zero attached hydrogens (tertiary/aromatic N) is 1. The van der Waals surface area contributed by atoms with Gasteiger partial charge in [-0.1, -0.05) is 28.1 Å². The predicted molar refractivity (Wildman–Crippen MR) is 129 cm³/mol. The number of piperidine rings is 1. The van der Waals surface area contributed by atoms with Crippen LogP contribution in [-0.2, 0) is 4.74 Å². The fourth-order valence-electron chi connectivity index (χ4n) is 3.41. The zero-order valence-corrected chi connectivity index (χ0v) is 20.6. The van der Waals surface area contributed by atoms with Gasteiger partial charge in [0, 0.05) is 28.5 Å². The number of urea groups is 1. The van der Waals surface area contributed by atoms with E-state index in [1.165, 1.54) is 11.3 Å². The molecule has 1 aliphatic heterocycles. The highest BCUT2D eigenvalue weighted by atomic mass is 79.9. The minimum absolute atomic E-state index is 0.221. The maximum Gasteiger partial charge on any atom is 0.410 e. The number of ether oxygens (including phenoxy) is 1. The lowest BCUT2D eigenvalue weighted by molar-refractivity contribution is 0.0185. The molecule has 0 saturated carbocycles. The number of nitrogens with two attached hydrogens (primary N) is 1. The highest BCUT2D eigenvalue weighted by Crippen LogP contribution is 2.36. The normalized spacial score (nSPS) is 16.4. The largest absolute Gasteiger partial charge is 0.444 e. The highest BCUT2D eigenvalue weighted by molar-refractivity contribution is 9.10. The molecule has 1 fully saturated rings. The van der Waals surface area contributed by atoms with Crippen LogP contribution in [0.2, 0.25) is 0 Å². The number of halogens is 1. The molecule has 32 heavy (non-hydrogen) atoms. The molecule has 1 aromatic carbocycles. The topological polar surface area (TPSA) is 114 Å². The summed E-state index contributed by atoms with van der Waals surface area (Å²) in [5.74, 6) is -0.323. The Morgan fingerprint density at radius 2 is 2.00 bits per heavy atom. The molecule has 8 nitrogen and oxygen atoms in total. The minimum atomic E-state index is -0.744. The summed E-state index contributed by atoms with van der Waals surface area (Å²) in [6, 6.07) is 8.43. The highest BCUT2D eigenvalue weighted by Gasteiger charge is 2.29. The van der Waals surface area contributed by atoms with Crippen LogP contribution in [0.3, 0.4) is 0 Å². The van der Waals surface area contributed by atoms with Gasteiger partial charge in [0.2, 0.25) is 0 Å². The number of primary amides is 1. The molecule has 0 spiro atoms. The van der Waals surface area contributed by atoms with Crippen LogP contribution in [0.25, 0.3) is 10.4 Å². The number of thiophene rings is 1. The lowest BCUT2D eigenvalue weighted by Crippen LogP contribution is -2.50. The summed E-state index contributed by atoms with van der Waals surface area (Å²) in [5.41, 5.74) is 5.99. The van der Waals surface area contributed by atoms with E-state index in [1.807, 2.05) is 45.0 Å². The molecule has 0 unspecified atom stereocenters. The van der Waals surface area contributed by atoms with Crippen LogP contribution in [0.15, 0.2) is 34.8 Å². The average Bonchev–Trinajstić information content (AvgIpc) is 3.10. The van der Waals surface area contributed by atoms with Gasteiger partial charge in [-0.2, -0.15) is 0 Å². The number of hydrogen-bond acceptors (Lipinski definition) is 5. The third-order valence-corrected chi connectivity index (χ3v) is 6.39. The van der Waals surface area contributed by atoms with E-state index in [1.54, 1.807) is 11.0 Å². The molecule has 4 amide bonds. The fourth-order valence-corrected chi connectivity index (χ4v) is 4.82. The van der Waals surface area contributed by atoms with Gasteiger partial charge >= 0.3 is 12.1 Å². The second-order valence-corrected chi connectivity index (χ2v) is 10.6. The van der Waals surface area contributed by atoms with E-state index in [9.17, 15) is 14.4 Å². The van der Waals surface area contributed by atoms with E-state index in [-0.39, 0.29) is 18.0 Å². The quantitative estimate of drug-likeness (QED) is 0.534. The Labute approximate surface area is 199 Å². The van der Waals surface area contributed by atoms with Crippen LogP contribution in [-0.4, -0.2) is 47.7 Å².